The molecular weight excluding hydrogens is 310 g/mol. The molecule has 0 amide bonds. The summed E-state index contributed by atoms with van der Waals surface area (Å²) in [5, 5.41) is 0. The van der Waals surface area contributed by atoms with Gasteiger partial charge in [0.1, 0.15) is 4.88 Å². The maximum atomic E-state index is 11.4. The summed E-state index contributed by atoms with van der Waals surface area (Å²) in [5.74, 6) is -0.385. The summed E-state index contributed by atoms with van der Waals surface area (Å²) in [7, 11) is 1.35. The van der Waals surface area contributed by atoms with E-state index in [1.165, 1.54) is 18.4 Å². The molecule has 2 aromatic rings. The van der Waals surface area contributed by atoms with Gasteiger partial charge in [-0.15, -0.1) is 22.7 Å². The largest absolute Gasteiger partial charge is 0.465 e. The van der Waals surface area contributed by atoms with Gasteiger partial charge in [-0.3, -0.25) is 0 Å². The average Bonchev–Trinajstić information content (AvgIpc) is 2.83. The zero-order chi connectivity index (χ0) is 11.7. The van der Waals surface area contributed by atoms with Crippen LogP contribution in [0.1, 0.15) is 9.67 Å². The van der Waals surface area contributed by atoms with Crippen molar-refractivity contribution in [3.05, 3.63) is 26.9 Å². The maximum absolute atomic E-state index is 11.4. The number of thiophene rings is 2. The lowest BCUT2D eigenvalue weighted by Gasteiger charge is -1.94. The van der Waals surface area contributed by atoms with Crippen molar-refractivity contribution < 1.29 is 9.53 Å². The van der Waals surface area contributed by atoms with Crippen molar-refractivity contribution in [1.29, 1.82) is 0 Å². The van der Waals surface area contributed by atoms with Gasteiger partial charge >= 0.3 is 5.97 Å². The molecule has 0 saturated carbocycles. The fraction of sp³-hybridized carbons (Fsp3) is 0.100. The molecule has 0 atom stereocenters. The standard InChI is InChI=1S/C10H8BrNO2S2/c1-14-10(13)9-5(12)4-7(16-9)6-2-3-8(11)15-6/h2-4H,12H2,1H3. The summed E-state index contributed by atoms with van der Waals surface area (Å²) in [4.78, 5) is 13.9. The molecule has 2 N–H and O–H groups in total. The number of ether oxygens (including phenoxy) is 1. The Morgan fingerprint density at radius 3 is 2.69 bits per heavy atom. The number of hydrogen-bond acceptors (Lipinski definition) is 5. The molecule has 84 valence electrons. The van der Waals surface area contributed by atoms with Crippen molar-refractivity contribution in [3.63, 3.8) is 0 Å². The minimum Gasteiger partial charge on any atom is -0.465 e. The molecule has 2 rings (SSSR count). The highest BCUT2D eigenvalue weighted by Gasteiger charge is 2.16. The van der Waals surface area contributed by atoms with Crippen LogP contribution in [0.25, 0.3) is 9.75 Å². The topological polar surface area (TPSA) is 52.3 Å². The number of rotatable bonds is 2. The van der Waals surface area contributed by atoms with Gasteiger partial charge in [0.2, 0.25) is 0 Å². The van der Waals surface area contributed by atoms with Crippen LogP contribution in [0.5, 0.6) is 0 Å². The van der Waals surface area contributed by atoms with E-state index in [-0.39, 0.29) is 5.97 Å². The van der Waals surface area contributed by atoms with Crippen molar-refractivity contribution in [2.24, 2.45) is 0 Å². The summed E-state index contributed by atoms with van der Waals surface area (Å²) < 4.78 is 5.71. The van der Waals surface area contributed by atoms with Gasteiger partial charge in [-0.05, 0) is 34.1 Å². The van der Waals surface area contributed by atoms with E-state index in [1.54, 1.807) is 17.4 Å². The van der Waals surface area contributed by atoms with E-state index in [2.05, 4.69) is 20.7 Å². The fourth-order valence-corrected chi connectivity index (χ4v) is 3.69. The lowest BCUT2D eigenvalue weighted by molar-refractivity contribution is 0.0607. The molecular formula is C10H8BrNO2S2. The third-order valence-corrected chi connectivity index (χ3v) is 4.90. The van der Waals surface area contributed by atoms with E-state index in [0.29, 0.717) is 10.6 Å². The molecule has 0 aliphatic carbocycles. The van der Waals surface area contributed by atoms with Crippen LogP contribution in [-0.2, 0) is 4.74 Å². The predicted molar refractivity (Wildman–Crippen MR) is 71.1 cm³/mol. The average molecular weight is 318 g/mol. The van der Waals surface area contributed by atoms with Crippen LogP contribution in [0.2, 0.25) is 0 Å². The smallest absolute Gasteiger partial charge is 0.350 e. The van der Waals surface area contributed by atoms with Crippen molar-refractivity contribution >= 4 is 50.3 Å². The van der Waals surface area contributed by atoms with Gasteiger partial charge < -0.3 is 10.5 Å². The second-order valence-corrected chi connectivity index (χ2v) is 6.51. The number of hydrogen-bond donors (Lipinski definition) is 1. The Balaban J connectivity index is 2.41. The van der Waals surface area contributed by atoms with Crippen molar-refractivity contribution in [3.8, 4) is 9.75 Å². The Hall–Kier alpha value is -0.850. The highest BCUT2D eigenvalue weighted by Crippen LogP contribution is 2.38. The third kappa shape index (κ3) is 2.14. The van der Waals surface area contributed by atoms with Crippen molar-refractivity contribution in [1.82, 2.24) is 0 Å². The first-order chi connectivity index (χ1) is 7.61. The number of carbonyl (C=O) groups excluding carboxylic acids is 1. The van der Waals surface area contributed by atoms with Gasteiger partial charge in [0.15, 0.2) is 0 Å². The molecule has 0 aromatic carbocycles. The van der Waals surface area contributed by atoms with Crippen molar-refractivity contribution in [2.75, 3.05) is 12.8 Å². The molecule has 0 unspecified atom stereocenters. The predicted octanol–water partition coefficient (Wildman–Crippen LogP) is 3.61. The third-order valence-electron chi connectivity index (χ3n) is 1.95. The minimum absolute atomic E-state index is 0.385. The van der Waals surface area contributed by atoms with Crippen LogP contribution in [-0.4, -0.2) is 13.1 Å². The lowest BCUT2D eigenvalue weighted by atomic mass is 10.3. The van der Waals surface area contributed by atoms with E-state index < -0.39 is 0 Å². The van der Waals surface area contributed by atoms with Crippen LogP contribution in [0, 0.1) is 0 Å². The summed E-state index contributed by atoms with van der Waals surface area (Å²) in [6, 6.07) is 5.75. The van der Waals surface area contributed by atoms with Gasteiger partial charge in [0.05, 0.1) is 16.6 Å². The molecule has 6 heteroatoms. The second kappa shape index (κ2) is 4.57. The lowest BCUT2D eigenvalue weighted by Crippen LogP contribution is -2.00. The first kappa shape index (κ1) is 11.6. The monoisotopic (exact) mass is 317 g/mol. The Morgan fingerprint density at radius 1 is 1.38 bits per heavy atom. The van der Waals surface area contributed by atoms with Crippen molar-refractivity contribution in [2.45, 2.75) is 0 Å². The van der Waals surface area contributed by atoms with Crippen LogP contribution in [0.4, 0.5) is 5.69 Å². The zero-order valence-electron chi connectivity index (χ0n) is 8.32. The second-order valence-electron chi connectivity index (χ2n) is 2.99. The summed E-state index contributed by atoms with van der Waals surface area (Å²) in [6.45, 7) is 0. The number of methoxy groups -OCH3 is 1. The zero-order valence-corrected chi connectivity index (χ0v) is 11.5. The normalized spacial score (nSPS) is 10.4. The molecule has 2 heterocycles. The number of carbonyl (C=O) groups is 1. The van der Waals surface area contributed by atoms with Gasteiger partial charge in [-0.2, -0.15) is 0 Å². The molecule has 0 spiro atoms. The molecule has 0 aliphatic heterocycles. The number of anilines is 1. The highest BCUT2D eigenvalue weighted by atomic mass is 79.9. The van der Waals surface area contributed by atoms with Gasteiger partial charge in [-0.1, -0.05) is 0 Å². The van der Waals surface area contributed by atoms with Crippen LogP contribution >= 0.6 is 38.6 Å². The van der Waals surface area contributed by atoms with Crippen LogP contribution in [0.3, 0.4) is 0 Å². The number of esters is 1. The summed E-state index contributed by atoms with van der Waals surface area (Å²) in [6.07, 6.45) is 0. The SMILES string of the molecule is COC(=O)c1sc(-c2ccc(Br)s2)cc1N. The minimum atomic E-state index is -0.385. The Kier molecular flexibility index (Phi) is 3.32. The number of nitrogens with two attached hydrogens (primary N) is 1. The first-order valence-corrected chi connectivity index (χ1v) is 6.77. The molecule has 3 nitrogen and oxygen atoms in total. The van der Waals surface area contributed by atoms with E-state index >= 15 is 0 Å². The summed E-state index contributed by atoms with van der Waals surface area (Å²) in [5.41, 5.74) is 6.23. The van der Waals surface area contributed by atoms with Gasteiger partial charge in [0, 0.05) is 9.75 Å². The number of halogens is 1. The summed E-state index contributed by atoms with van der Waals surface area (Å²) >= 11 is 6.35. The highest BCUT2D eigenvalue weighted by molar-refractivity contribution is 9.11. The Morgan fingerprint density at radius 2 is 2.12 bits per heavy atom. The molecule has 0 fully saturated rings. The Bertz CT molecular complexity index is 533. The Labute approximate surface area is 109 Å². The van der Waals surface area contributed by atoms with Crippen LogP contribution in [0.15, 0.2) is 22.0 Å². The maximum Gasteiger partial charge on any atom is 0.350 e. The van der Waals surface area contributed by atoms with Gasteiger partial charge in [-0.25, -0.2) is 4.79 Å². The molecule has 2 aromatic heterocycles. The molecule has 0 radical (unpaired) electrons. The number of nitrogen functional groups attached to an aromatic ring is 1. The molecule has 0 bridgehead atoms. The van der Waals surface area contributed by atoms with E-state index in [9.17, 15) is 4.79 Å². The quantitative estimate of drug-likeness (QED) is 0.861. The van der Waals surface area contributed by atoms with E-state index in [4.69, 9.17) is 5.73 Å². The first-order valence-electron chi connectivity index (χ1n) is 4.35. The van der Waals surface area contributed by atoms with E-state index in [1.807, 2.05) is 12.1 Å². The molecule has 16 heavy (non-hydrogen) atoms. The van der Waals surface area contributed by atoms with Gasteiger partial charge in [0.25, 0.3) is 0 Å². The van der Waals surface area contributed by atoms with Crippen LogP contribution < -0.4 is 5.73 Å². The fourth-order valence-electron chi connectivity index (χ4n) is 1.23. The molecule has 0 aliphatic rings. The van der Waals surface area contributed by atoms with E-state index in [0.717, 1.165) is 13.5 Å². The molecule has 0 saturated heterocycles.